The molecule has 1 aromatic rings. The summed E-state index contributed by atoms with van der Waals surface area (Å²) < 4.78 is 53.8. The summed E-state index contributed by atoms with van der Waals surface area (Å²) in [5.74, 6) is 0. The van der Waals surface area contributed by atoms with Crippen LogP contribution in [0.1, 0.15) is 13.8 Å². The predicted molar refractivity (Wildman–Crippen MR) is 103 cm³/mol. The summed E-state index contributed by atoms with van der Waals surface area (Å²) in [5, 5.41) is 0.317. The van der Waals surface area contributed by atoms with Gasteiger partial charge in [-0.2, -0.15) is 4.72 Å². The first kappa shape index (κ1) is 24.4. The third-order valence-corrected chi connectivity index (χ3v) is 8.70. The van der Waals surface area contributed by atoms with E-state index in [1.807, 2.05) is 4.72 Å². The lowest BCUT2D eigenvalue weighted by Gasteiger charge is -2.41. The molecule has 0 aromatic heterocycles. The van der Waals surface area contributed by atoms with Crippen LogP contribution in [-0.4, -0.2) is 38.0 Å². The number of methoxy groups -OCH3 is 1. The van der Waals surface area contributed by atoms with Crippen molar-refractivity contribution in [1.29, 1.82) is 0 Å². The van der Waals surface area contributed by atoms with E-state index in [4.69, 9.17) is 60.2 Å². The number of hydrogen-bond acceptors (Lipinski definition) is 6. The number of alkyl halides is 3. The van der Waals surface area contributed by atoms with Crippen LogP contribution in [0.15, 0.2) is 29.2 Å². The van der Waals surface area contributed by atoms with Crippen molar-refractivity contribution >= 4 is 64.0 Å². The second-order valence-electron chi connectivity index (χ2n) is 4.74. The molecule has 1 rings (SSSR count). The summed E-state index contributed by atoms with van der Waals surface area (Å²) >= 11 is 23.6. The van der Waals surface area contributed by atoms with E-state index in [0.717, 1.165) is 7.11 Å². The lowest BCUT2D eigenvalue weighted by molar-refractivity contribution is 0.0178. The van der Waals surface area contributed by atoms with Gasteiger partial charge in [0.1, 0.15) is 0 Å². The Bertz CT molecular complexity index is 745. The van der Waals surface area contributed by atoms with Crippen LogP contribution >= 0.6 is 54.0 Å². The molecule has 1 aromatic carbocycles. The molecule has 26 heavy (non-hydrogen) atoms. The van der Waals surface area contributed by atoms with Crippen LogP contribution in [-0.2, 0) is 28.4 Å². The molecule has 150 valence electrons. The van der Waals surface area contributed by atoms with Crippen LogP contribution in [0.3, 0.4) is 0 Å². The normalized spacial score (nSPS) is 15.7. The molecule has 0 amide bonds. The van der Waals surface area contributed by atoms with Crippen LogP contribution in [0, 0.1) is 0 Å². The summed E-state index contributed by atoms with van der Waals surface area (Å²) in [6, 6.07) is 5.14. The molecule has 0 bridgehead atoms. The molecule has 7 nitrogen and oxygen atoms in total. The Hall–Kier alpha value is 0.400. The Balaban J connectivity index is 3.56. The smallest absolute Gasteiger partial charge is 0.349 e. The predicted octanol–water partition coefficient (Wildman–Crippen LogP) is 4.55. The lowest BCUT2D eigenvalue weighted by Crippen LogP contribution is -2.58. The first-order valence-electron chi connectivity index (χ1n) is 7.19. The van der Waals surface area contributed by atoms with Crippen molar-refractivity contribution < 1.29 is 26.8 Å². The molecule has 0 radical (unpaired) electrons. The third kappa shape index (κ3) is 5.06. The van der Waals surface area contributed by atoms with Gasteiger partial charge in [0.15, 0.2) is 0 Å². The van der Waals surface area contributed by atoms with Gasteiger partial charge in [-0.05, 0) is 38.1 Å². The summed E-state index contributed by atoms with van der Waals surface area (Å²) in [7, 11) is -7.80. The number of halogens is 4. The van der Waals surface area contributed by atoms with Gasteiger partial charge in [-0.3, -0.25) is 4.57 Å². The minimum Gasteiger partial charge on any atom is -0.349 e. The Labute approximate surface area is 172 Å². The van der Waals surface area contributed by atoms with E-state index in [1.165, 1.54) is 38.1 Å². The van der Waals surface area contributed by atoms with E-state index < -0.39 is 26.9 Å². The Morgan fingerprint density at radius 1 is 1.08 bits per heavy atom. The Kier molecular flexibility index (Phi) is 8.71. The maximum absolute atomic E-state index is 13.3. The fourth-order valence-corrected chi connectivity index (χ4v) is 7.22. The molecule has 0 saturated heterocycles. The van der Waals surface area contributed by atoms with E-state index in [0.29, 0.717) is 5.02 Å². The van der Waals surface area contributed by atoms with Gasteiger partial charge < -0.3 is 13.8 Å². The molecule has 1 unspecified atom stereocenters. The lowest BCUT2D eigenvalue weighted by atomic mass is 10.4. The molecule has 1 N–H and O–H groups in total. The fourth-order valence-electron chi connectivity index (χ4n) is 1.95. The van der Waals surface area contributed by atoms with Gasteiger partial charge in [-0.15, -0.1) is 0 Å². The average Bonchev–Trinajstić information content (AvgIpc) is 2.52. The number of nitrogens with one attached hydrogen (secondary N) is 1. The number of hydrogen-bond donors (Lipinski definition) is 1. The van der Waals surface area contributed by atoms with Crippen molar-refractivity contribution in [2.75, 3.05) is 20.3 Å². The highest BCUT2D eigenvalue weighted by Crippen LogP contribution is 2.66. The van der Waals surface area contributed by atoms with Crippen LogP contribution in [0.2, 0.25) is 5.02 Å². The number of rotatable bonds is 9. The second kappa shape index (κ2) is 9.27. The van der Waals surface area contributed by atoms with Crippen LogP contribution in [0.25, 0.3) is 0 Å². The molecule has 1 atom stereocenters. The SMILES string of the molecule is CCOP(=O)(OCC)C(NS(=O)(=O)c1ccc(Cl)cc1)(OC)C(Cl)(Cl)Cl. The average molecular weight is 489 g/mol. The largest absolute Gasteiger partial charge is 0.382 e. The van der Waals surface area contributed by atoms with Crippen LogP contribution < -0.4 is 4.72 Å². The van der Waals surface area contributed by atoms with Crippen LogP contribution in [0.4, 0.5) is 0 Å². The van der Waals surface area contributed by atoms with Gasteiger partial charge in [-0.1, -0.05) is 46.4 Å². The quantitative estimate of drug-likeness (QED) is 0.311. The zero-order valence-corrected chi connectivity index (χ0v) is 18.8. The van der Waals surface area contributed by atoms with E-state index in [-0.39, 0.29) is 18.1 Å². The van der Waals surface area contributed by atoms with E-state index in [2.05, 4.69) is 0 Å². The number of ether oxygens (including phenoxy) is 1. The third-order valence-electron chi connectivity index (χ3n) is 3.06. The maximum Gasteiger partial charge on any atom is 0.382 e. The summed E-state index contributed by atoms with van der Waals surface area (Å²) in [6.07, 6.45) is 0. The van der Waals surface area contributed by atoms with E-state index >= 15 is 0 Å². The topological polar surface area (TPSA) is 90.9 Å². The van der Waals surface area contributed by atoms with Gasteiger partial charge in [-0.25, -0.2) is 8.42 Å². The van der Waals surface area contributed by atoms with Crippen molar-refractivity contribution in [1.82, 2.24) is 4.72 Å². The first-order chi connectivity index (χ1) is 11.9. The molecule has 0 aliphatic carbocycles. The van der Waals surface area contributed by atoms with Crippen molar-refractivity contribution in [2.45, 2.75) is 28.0 Å². The van der Waals surface area contributed by atoms with Gasteiger partial charge in [0.2, 0.25) is 13.8 Å². The highest BCUT2D eigenvalue weighted by molar-refractivity contribution is 7.90. The van der Waals surface area contributed by atoms with E-state index in [9.17, 15) is 13.0 Å². The molecule has 13 heteroatoms. The molecule has 0 spiro atoms. The van der Waals surface area contributed by atoms with Gasteiger partial charge >= 0.3 is 7.60 Å². The molecule has 0 aliphatic heterocycles. The summed E-state index contributed by atoms with van der Waals surface area (Å²) in [4.78, 5) is -0.225. The van der Waals surface area contributed by atoms with E-state index in [1.54, 1.807) is 0 Å². The van der Waals surface area contributed by atoms with Crippen molar-refractivity contribution in [3.63, 3.8) is 0 Å². The number of benzene rings is 1. The highest BCUT2D eigenvalue weighted by atomic mass is 35.6. The minimum absolute atomic E-state index is 0.119. The zero-order chi connectivity index (χ0) is 20.2. The molecule has 0 fully saturated rings. The highest BCUT2D eigenvalue weighted by Gasteiger charge is 2.66. The van der Waals surface area contributed by atoms with Gasteiger partial charge in [0.05, 0.1) is 18.1 Å². The Morgan fingerprint density at radius 2 is 1.54 bits per heavy atom. The van der Waals surface area contributed by atoms with Gasteiger partial charge in [0, 0.05) is 12.1 Å². The summed E-state index contributed by atoms with van der Waals surface area (Å²) in [6.45, 7) is 2.79. The maximum atomic E-state index is 13.3. The molecular formula is C13H18Cl4NO6PS. The van der Waals surface area contributed by atoms with Crippen molar-refractivity contribution in [3.8, 4) is 0 Å². The number of sulfonamides is 1. The fraction of sp³-hybridized carbons (Fsp3) is 0.538. The summed E-state index contributed by atoms with van der Waals surface area (Å²) in [5.41, 5.74) is -2.64. The van der Waals surface area contributed by atoms with Gasteiger partial charge in [0.25, 0.3) is 5.47 Å². The van der Waals surface area contributed by atoms with Crippen molar-refractivity contribution in [2.24, 2.45) is 0 Å². The molecule has 0 saturated carbocycles. The molecular weight excluding hydrogens is 471 g/mol. The molecule has 0 heterocycles. The van der Waals surface area contributed by atoms with Crippen molar-refractivity contribution in [3.05, 3.63) is 29.3 Å². The Morgan fingerprint density at radius 3 is 1.88 bits per heavy atom. The zero-order valence-electron chi connectivity index (χ0n) is 14.0. The van der Waals surface area contributed by atoms with Crippen LogP contribution in [0.5, 0.6) is 0 Å². The molecule has 0 aliphatic rings. The monoisotopic (exact) mass is 487 g/mol. The minimum atomic E-state index is -4.44. The second-order valence-corrected chi connectivity index (χ2v) is 11.3. The first-order valence-corrected chi connectivity index (χ1v) is 11.7. The standard InChI is InChI=1S/C13H18Cl4NO6PS/c1-4-23-25(19,24-5-2)13(22-3,12(15,16)17)18-26(20,21)11-8-6-10(14)7-9-11/h6-9,18H,4-5H2,1-3H3.